The normalized spacial score (nSPS) is 13.6. The van der Waals surface area contributed by atoms with Crippen LogP contribution in [0, 0.1) is 6.92 Å². The molecule has 4 heterocycles. The van der Waals surface area contributed by atoms with Crippen LogP contribution in [-0.2, 0) is 6.54 Å². The molecule has 13 heteroatoms. The van der Waals surface area contributed by atoms with Crippen LogP contribution >= 0.6 is 22.9 Å². The highest BCUT2D eigenvalue weighted by atomic mass is 35.5. The summed E-state index contributed by atoms with van der Waals surface area (Å²) in [6.45, 7) is 6.37. The highest BCUT2D eigenvalue weighted by molar-refractivity contribution is 7.13. The van der Waals surface area contributed by atoms with Crippen LogP contribution < -0.4 is 15.5 Å². The number of hydrogen-bond acceptors (Lipinski definition) is 11. The van der Waals surface area contributed by atoms with Crippen LogP contribution in [0.25, 0.3) is 10.7 Å². The Morgan fingerprint density at radius 3 is 2.36 bits per heavy atom. The number of amides is 1. The average Bonchev–Trinajstić information content (AvgIpc) is 3.54. The third kappa shape index (κ3) is 6.85. The molecule has 0 spiro atoms. The number of nitrogens with one attached hydrogen (secondary N) is 2. The van der Waals surface area contributed by atoms with Crippen molar-refractivity contribution in [1.82, 2.24) is 34.8 Å². The first-order valence-corrected chi connectivity index (χ1v) is 14.6. The molecule has 0 saturated carbocycles. The third-order valence-electron chi connectivity index (χ3n) is 6.69. The molecular formula is C29H27ClN10OS. The summed E-state index contributed by atoms with van der Waals surface area (Å²) in [5.41, 5.74) is 3.54. The van der Waals surface area contributed by atoms with E-state index in [9.17, 15) is 4.79 Å². The van der Waals surface area contributed by atoms with Gasteiger partial charge in [0.2, 0.25) is 17.8 Å². The predicted molar refractivity (Wildman–Crippen MR) is 164 cm³/mol. The monoisotopic (exact) mass is 598 g/mol. The Kier molecular flexibility index (Phi) is 8.26. The predicted octanol–water partition coefficient (Wildman–Crippen LogP) is 5.07. The molecule has 0 unspecified atom stereocenters. The highest BCUT2D eigenvalue weighted by Gasteiger charge is 2.18. The number of thiazole rings is 1. The lowest BCUT2D eigenvalue weighted by Gasteiger charge is -2.36. The molecule has 1 amide bonds. The van der Waals surface area contributed by atoms with Gasteiger partial charge in [0.1, 0.15) is 16.5 Å². The van der Waals surface area contributed by atoms with Crippen LogP contribution in [0.1, 0.15) is 21.7 Å². The van der Waals surface area contributed by atoms with Gasteiger partial charge in [0.05, 0.1) is 0 Å². The van der Waals surface area contributed by atoms with E-state index in [1.165, 1.54) is 17.0 Å². The van der Waals surface area contributed by atoms with Gasteiger partial charge in [-0.3, -0.25) is 20.3 Å². The number of benzene rings is 2. The molecule has 3 aromatic heterocycles. The smallest absolute Gasteiger partial charge is 0.258 e. The van der Waals surface area contributed by atoms with Crippen molar-refractivity contribution < 1.29 is 4.79 Å². The number of anilines is 4. The van der Waals surface area contributed by atoms with Gasteiger partial charge in [-0.25, -0.2) is 15.0 Å². The Balaban J connectivity index is 1.04. The van der Waals surface area contributed by atoms with Crippen molar-refractivity contribution in [2.24, 2.45) is 0 Å². The molecule has 0 radical (unpaired) electrons. The first-order valence-electron chi connectivity index (χ1n) is 13.3. The van der Waals surface area contributed by atoms with Gasteiger partial charge in [-0.15, -0.1) is 11.3 Å². The maximum Gasteiger partial charge on any atom is 0.258 e. The standard InChI is InChI=1S/C29H27ClN10OS/c1-19-33-28(38-29(34-19)37-27-32-11-10-24(35-27)26-31-12-17-42-26)36-25(41)21-4-2-20(3-5-21)18-39-13-15-40(16-14-39)23-8-6-22(30)7-9-23/h2-12,17H,13-16,18H2,1H3,(H2,32,33,34,35,36,37,38,41). The molecule has 0 aliphatic carbocycles. The number of piperazine rings is 1. The van der Waals surface area contributed by atoms with E-state index < -0.39 is 0 Å². The number of carbonyl (C=O) groups is 1. The number of nitrogens with zero attached hydrogens (tertiary/aromatic N) is 8. The van der Waals surface area contributed by atoms with Crippen LogP contribution in [0.3, 0.4) is 0 Å². The lowest BCUT2D eigenvalue weighted by molar-refractivity contribution is 0.102. The van der Waals surface area contributed by atoms with Crippen LogP contribution in [-0.4, -0.2) is 66.9 Å². The van der Waals surface area contributed by atoms with Crippen molar-refractivity contribution in [3.05, 3.63) is 94.3 Å². The lowest BCUT2D eigenvalue weighted by Crippen LogP contribution is -2.45. The maximum absolute atomic E-state index is 13.0. The van der Waals surface area contributed by atoms with E-state index in [0.29, 0.717) is 23.0 Å². The number of carbonyl (C=O) groups excluding carboxylic acids is 1. The zero-order chi connectivity index (χ0) is 28.9. The quantitative estimate of drug-likeness (QED) is 0.250. The highest BCUT2D eigenvalue weighted by Crippen LogP contribution is 2.22. The lowest BCUT2D eigenvalue weighted by atomic mass is 10.1. The summed E-state index contributed by atoms with van der Waals surface area (Å²) in [5.74, 6) is 0.795. The maximum atomic E-state index is 13.0. The van der Waals surface area contributed by atoms with Gasteiger partial charge in [0.25, 0.3) is 5.91 Å². The molecule has 1 saturated heterocycles. The minimum atomic E-state index is -0.309. The number of aromatic nitrogens is 6. The van der Waals surface area contributed by atoms with E-state index in [2.05, 4.69) is 62.5 Å². The van der Waals surface area contributed by atoms with Gasteiger partial charge in [-0.1, -0.05) is 23.7 Å². The van der Waals surface area contributed by atoms with E-state index in [1.54, 1.807) is 25.4 Å². The molecule has 2 N–H and O–H groups in total. The van der Waals surface area contributed by atoms with Gasteiger partial charge < -0.3 is 4.90 Å². The number of halogens is 1. The van der Waals surface area contributed by atoms with Crippen molar-refractivity contribution in [3.63, 3.8) is 0 Å². The molecule has 11 nitrogen and oxygen atoms in total. The molecule has 0 bridgehead atoms. The van der Waals surface area contributed by atoms with E-state index >= 15 is 0 Å². The van der Waals surface area contributed by atoms with Gasteiger partial charge in [-0.05, 0) is 55.0 Å². The molecule has 2 aromatic carbocycles. The number of rotatable bonds is 8. The molecule has 5 aromatic rings. The Hall–Kier alpha value is -4.52. The summed E-state index contributed by atoms with van der Waals surface area (Å²) in [4.78, 5) is 43.7. The zero-order valence-electron chi connectivity index (χ0n) is 22.7. The fraction of sp³-hybridized carbons (Fsp3) is 0.207. The van der Waals surface area contributed by atoms with Crippen LogP contribution in [0.15, 0.2) is 72.4 Å². The topological polar surface area (TPSA) is 125 Å². The Morgan fingerprint density at radius 1 is 0.857 bits per heavy atom. The average molecular weight is 599 g/mol. The second-order valence-corrected chi connectivity index (χ2v) is 11.0. The first kappa shape index (κ1) is 27.6. The van der Waals surface area contributed by atoms with Crippen molar-refractivity contribution >= 4 is 52.4 Å². The number of hydrogen-bond donors (Lipinski definition) is 2. The SMILES string of the molecule is Cc1nc(NC(=O)c2ccc(CN3CCN(c4ccc(Cl)cc4)CC3)cc2)nc(Nc2nccc(-c3nccs3)n2)n1. The molecule has 1 aliphatic rings. The zero-order valence-corrected chi connectivity index (χ0v) is 24.3. The second kappa shape index (κ2) is 12.6. The van der Waals surface area contributed by atoms with Crippen LogP contribution in [0.4, 0.5) is 23.5 Å². The van der Waals surface area contributed by atoms with E-state index in [-0.39, 0.29) is 17.8 Å². The molecular weight excluding hydrogens is 572 g/mol. The van der Waals surface area contributed by atoms with E-state index in [1.807, 2.05) is 41.8 Å². The number of aryl methyl sites for hydroxylation is 1. The minimum Gasteiger partial charge on any atom is -0.369 e. The first-order chi connectivity index (χ1) is 20.5. The van der Waals surface area contributed by atoms with Crippen LogP contribution in [0.5, 0.6) is 0 Å². The van der Waals surface area contributed by atoms with Crippen molar-refractivity contribution in [2.75, 3.05) is 41.7 Å². The van der Waals surface area contributed by atoms with Gasteiger partial charge in [0, 0.05) is 66.8 Å². The largest absolute Gasteiger partial charge is 0.369 e. The molecule has 212 valence electrons. The molecule has 42 heavy (non-hydrogen) atoms. The third-order valence-corrected chi connectivity index (χ3v) is 7.74. The Labute approximate surface area is 251 Å². The molecule has 1 aliphatic heterocycles. The van der Waals surface area contributed by atoms with Gasteiger partial charge in [0.15, 0.2) is 0 Å². The van der Waals surface area contributed by atoms with Crippen molar-refractivity contribution in [3.8, 4) is 10.7 Å². The fourth-order valence-electron chi connectivity index (χ4n) is 4.59. The fourth-order valence-corrected chi connectivity index (χ4v) is 5.32. The molecule has 0 atom stereocenters. The molecule has 6 rings (SSSR count). The minimum absolute atomic E-state index is 0.133. The summed E-state index contributed by atoms with van der Waals surface area (Å²) in [6.07, 6.45) is 3.35. The summed E-state index contributed by atoms with van der Waals surface area (Å²) >= 11 is 7.51. The Bertz CT molecular complexity index is 1660. The van der Waals surface area contributed by atoms with Crippen LogP contribution in [0.2, 0.25) is 5.02 Å². The van der Waals surface area contributed by atoms with E-state index in [0.717, 1.165) is 48.3 Å². The molecule has 1 fully saturated rings. The van der Waals surface area contributed by atoms with Gasteiger partial charge >= 0.3 is 0 Å². The van der Waals surface area contributed by atoms with Crippen molar-refractivity contribution in [1.29, 1.82) is 0 Å². The van der Waals surface area contributed by atoms with Gasteiger partial charge in [-0.2, -0.15) is 15.0 Å². The summed E-state index contributed by atoms with van der Waals surface area (Å²) in [6, 6.07) is 17.4. The Morgan fingerprint density at radius 2 is 1.62 bits per heavy atom. The van der Waals surface area contributed by atoms with E-state index in [4.69, 9.17) is 11.6 Å². The second-order valence-electron chi connectivity index (χ2n) is 9.65. The summed E-state index contributed by atoms with van der Waals surface area (Å²) in [7, 11) is 0. The summed E-state index contributed by atoms with van der Waals surface area (Å²) in [5, 5.41) is 9.17. The van der Waals surface area contributed by atoms with Crippen molar-refractivity contribution in [2.45, 2.75) is 13.5 Å². The summed E-state index contributed by atoms with van der Waals surface area (Å²) < 4.78 is 0.